The summed E-state index contributed by atoms with van der Waals surface area (Å²) >= 11 is 6.09. The molecule has 2 heterocycles. The number of aromatic nitrogens is 2. The Labute approximate surface area is 162 Å². The van der Waals surface area contributed by atoms with Crippen LogP contribution in [0.15, 0.2) is 55.0 Å². The Morgan fingerprint density at radius 2 is 2.07 bits per heavy atom. The van der Waals surface area contributed by atoms with Gasteiger partial charge < -0.3 is 15.4 Å². The topological polar surface area (TPSA) is 76.1 Å². The predicted octanol–water partition coefficient (Wildman–Crippen LogP) is 4.31. The van der Waals surface area contributed by atoms with E-state index in [-0.39, 0.29) is 5.91 Å². The van der Waals surface area contributed by atoms with E-state index >= 15 is 0 Å². The van der Waals surface area contributed by atoms with Crippen molar-refractivity contribution in [3.63, 3.8) is 0 Å². The van der Waals surface area contributed by atoms with Crippen molar-refractivity contribution < 1.29 is 9.53 Å². The first kappa shape index (κ1) is 18.7. The molecule has 0 unspecified atom stereocenters. The van der Waals surface area contributed by atoms with Crippen LogP contribution in [0.4, 0.5) is 11.4 Å². The first-order chi connectivity index (χ1) is 13.1. The SMILES string of the molecule is COc1cc(Cl)c(C)cc1NC(=O)c1ccc(NCc2cccnc2)cn1. The summed E-state index contributed by atoms with van der Waals surface area (Å²) in [5, 5.41) is 6.63. The number of anilines is 2. The van der Waals surface area contributed by atoms with Crippen LogP contribution >= 0.6 is 11.6 Å². The summed E-state index contributed by atoms with van der Waals surface area (Å²) in [4.78, 5) is 20.8. The van der Waals surface area contributed by atoms with Crippen LogP contribution in [0.5, 0.6) is 5.75 Å². The Balaban J connectivity index is 1.66. The number of hydrogen-bond donors (Lipinski definition) is 2. The Hall–Kier alpha value is -3.12. The second kappa shape index (κ2) is 8.51. The third-order valence-electron chi connectivity index (χ3n) is 3.94. The second-order valence-corrected chi connectivity index (χ2v) is 6.31. The molecule has 2 aromatic heterocycles. The van der Waals surface area contributed by atoms with Gasteiger partial charge in [-0.3, -0.25) is 9.78 Å². The van der Waals surface area contributed by atoms with Gasteiger partial charge >= 0.3 is 0 Å². The molecule has 2 N–H and O–H groups in total. The smallest absolute Gasteiger partial charge is 0.274 e. The fourth-order valence-electron chi connectivity index (χ4n) is 2.46. The molecule has 0 aliphatic carbocycles. The summed E-state index contributed by atoms with van der Waals surface area (Å²) in [6, 6.07) is 10.8. The number of nitrogens with one attached hydrogen (secondary N) is 2. The average Bonchev–Trinajstić information content (AvgIpc) is 2.70. The van der Waals surface area contributed by atoms with Gasteiger partial charge in [-0.1, -0.05) is 17.7 Å². The number of amides is 1. The van der Waals surface area contributed by atoms with E-state index in [1.807, 2.05) is 25.1 Å². The van der Waals surface area contributed by atoms with E-state index in [0.717, 1.165) is 16.8 Å². The van der Waals surface area contributed by atoms with E-state index in [0.29, 0.717) is 28.7 Å². The zero-order valence-electron chi connectivity index (χ0n) is 15.0. The summed E-state index contributed by atoms with van der Waals surface area (Å²) in [5.41, 5.74) is 3.57. The summed E-state index contributed by atoms with van der Waals surface area (Å²) in [6.45, 7) is 2.49. The van der Waals surface area contributed by atoms with Crippen LogP contribution < -0.4 is 15.4 Å². The molecule has 0 radical (unpaired) electrons. The Morgan fingerprint density at radius 1 is 1.22 bits per heavy atom. The van der Waals surface area contributed by atoms with E-state index in [4.69, 9.17) is 16.3 Å². The van der Waals surface area contributed by atoms with Gasteiger partial charge in [0.1, 0.15) is 11.4 Å². The zero-order chi connectivity index (χ0) is 19.2. The minimum Gasteiger partial charge on any atom is -0.495 e. The normalized spacial score (nSPS) is 10.3. The van der Waals surface area contributed by atoms with Crippen LogP contribution in [0, 0.1) is 6.92 Å². The highest BCUT2D eigenvalue weighted by Crippen LogP contribution is 2.31. The van der Waals surface area contributed by atoms with Gasteiger partial charge in [0.25, 0.3) is 5.91 Å². The molecule has 0 saturated carbocycles. The summed E-state index contributed by atoms with van der Waals surface area (Å²) in [6.07, 6.45) is 5.15. The highest BCUT2D eigenvalue weighted by molar-refractivity contribution is 6.31. The highest BCUT2D eigenvalue weighted by Gasteiger charge is 2.13. The molecule has 0 saturated heterocycles. The van der Waals surface area contributed by atoms with E-state index in [9.17, 15) is 4.79 Å². The van der Waals surface area contributed by atoms with Crippen molar-refractivity contribution >= 4 is 28.9 Å². The molecular weight excluding hydrogens is 364 g/mol. The number of carbonyl (C=O) groups is 1. The molecule has 0 bridgehead atoms. The van der Waals surface area contributed by atoms with E-state index in [1.54, 1.807) is 36.8 Å². The van der Waals surface area contributed by atoms with Crippen LogP contribution in [-0.2, 0) is 6.54 Å². The average molecular weight is 383 g/mol. The molecule has 3 aromatic rings. The third kappa shape index (κ3) is 4.74. The Kier molecular flexibility index (Phi) is 5.88. The molecule has 1 amide bonds. The maximum Gasteiger partial charge on any atom is 0.274 e. The molecule has 0 fully saturated rings. The van der Waals surface area contributed by atoms with Gasteiger partial charge in [-0.25, -0.2) is 4.98 Å². The Morgan fingerprint density at radius 3 is 2.74 bits per heavy atom. The summed E-state index contributed by atoms with van der Waals surface area (Å²) < 4.78 is 5.28. The fourth-order valence-corrected chi connectivity index (χ4v) is 2.61. The fraction of sp³-hybridized carbons (Fsp3) is 0.150. The van der Waals surface area contributed by atoms with Crippen molar-refractivity contribution in [2.75, 3.05) is 17.7 Å². The lowest BCUT2D eigenvalue weighted by Crippen LogP contribution is -2.14. The number of rotatable bonds is 6. The van der Waals surface area contributed by atoms with Crippen molar-refractivity contribution in [2.24, 2.45) is 0 Å². The van der Waals surface area contributed by atoms with Crippen molar-refractivity contribution in [1.29, 1.82) is 0 Å². The number of aryl methyl sites for hydroxylation is 1. The van der Waals surface area contributed by atoms with Crippen molar-refractivity contribution in [2.45, 2.75) is 13.5 Å². The molecule has 0 spiro atoms. The van der Waals surface area contributed by atoms with Crippen molar-refractivity contribution in [3.8, 4) is 5.75 Å². The molecule has 7 heteroatoms. The number of halogens is 1. The van der Waals surface area contributed by atoms with Gasteiger partial charge in [0, 0.05) is 30.0 Å². The van der Waals surface area contributed by atoms with Crippen LogP contribution in [-0.4, -0.2) is 23.0 Å². The monoisotopic (exact) mass is 382 g/mol. The molecular formula is C20H19ClN4O2. The summed E-state index contributed by atoms with van der Waals surface area (Å²) in [7, 11) is 1.53. The molecule has 1 aromatic carbocycles. The third-order valence-corrected chi connectivity index (χ3v) is 4.35. The maximum absolute atomic E-state index is 12.5. The standard InChI is InChI=1S/C20H19ClN4O2/c1-13-8-18(19(27-2)9-16(13)21)25-20(26)17-6-5-15(12-24-17)23-11-14-4-3-7-22-10-14/h3-10,12,23H,11H2,1-2H3,(H,25,26). The van der Waals surface area contributed by atoms with Crippen LogP contribution in [0.3, 0.4) is 0 Å². The van der Waals surface area contributed by atoms with Gasteiger partial charge in [-0.15, -0.1) is 0 Å². The summed E-state index contributed by atoms with van der Waals surface area (Å²) in [5.74, 6) is 0.169. The number of nitrogens with zero attached hydrogens (tertiary/aromatic N) is 2. The molecule has 3 rings (SSSR count). The van der Waals surface area contributed by atoms with Gasteiger partial charge in [0.2, 0.25) is 0 Å². The van der Waals surface area contributed by atoms with E-state index < -0.39 is 0 Å². The molecule has 27 heavy (non-hydrogen) atoms. The number of methoxy groups -OCH3 is 1. The zero-order valence-corrected chi connectivity index (χ0v) is 15.7. The largest absolute Gasteiger partial charge is 0.495 e. The number of benzene rings is 1. The van der Waals surface area contributed by atoms with Crippen molar-refractivity contribution in [1.82, 2.24) is 9.97 Å². The van der Waals surface area contributed by atoms with Gasteiger partial charge in [0.15, 0.2) is 0 Å². The second-order valence-electron chi connectivity index (χ2n) is 5.90. The quantitative estimate of drug-likeness (QED) is 0.664. The molecule has 6 nitrogen and oxygen atoms in total. The number of hydrogen-bond acceptors (Lipinski definition) is 5. The van der Waals surface area contributed by atoms with Crippen molar-refractivity contribution in [3.05, 3.63) is 76.8 Å². The molecule has 138 valence electrons. The molecule has 0 aliphatic rings. The maximum atomic E-state index is 12.5. The molecule has 0 aliphatic heterocycles. The minimum atomic E-state index is -0.325. The number of ether oxygens (including phenoxy) is 1. The van der Waals surface area contributed by atoms with Gasteiger partial charge in [-0.2, -0.15) is 0 Å². The first-order valence-corrected chi connectivity index (χ1v) is 8.69. The predicted molar refractivity (Wildman–Crippen MR) is 106 cm³/mol. The van der Waals surface area contributed by atoms with Crippen LogP contribution in [0.25, 0.3) is 0 Å². The molecule has 0 atom stereocenters. The van der Waals surface area contributed by atoms with Crippen LogP contribution in [0.2, 0.25) is 5.02 Å². The first-order valence-electron chi connectivity index (χ1n) is 8.31. The van der Waals surface area contributed by atoms with Gasteiger partial charge in [-0.05, 0) is 42.3 Å². The number of carbonyl (C=O) groups excluding carboxylic acids is 1. The van der Waals surface area contributed by atoms with E-state index in [2.05, 4.69) is 20.6 Å². The lowest BCUT2D eigenvalue weighted by atomic mass is 10.2. The van der Waals surface area contributed by atoms with Gasteiger partial charge in [0.05, 0.1) is 24.7 Å². The lowest BCUT2D eigenvalue weighted by Gasteiger charge is -2.12. The lowest BCUT2D eigenvalue weighted by molar-refractivity contribution is 0.102. The van der Waals surface area contributed by atoms with Crippen LogP contribution in [0.1, 0.15) is 21.6 Å². The minimum absolute atomic E-state index is 0.302. The van der Waals surface area contributed by atoms with E-state index in [1.165, 1.54) is 7.11 Å². The number of pyridine rings is 2. The highest BCUT2D eigenvalue weighted by atomic mass is 35.5. The Bertz CT molecular complexity index is 931.